The normalized spacial score (nSPS) is 16.1. The molecule has 29 heavy (non-hydrogen) atoms. The lowest BCUT2D eigenvalue weighted by Gasteiger charge is -2.23. The van der Waals surface area contributed by atoms with Crippen LogP contribution in [0.4, 0.5) is 11.4 Å². The summed E-state index contributed by atoms with van der Waals surface area (Å²) < 4.78 is 25.4. The van der Waals surface area contributed by atoms with Crippen molar-refractivity contribution in [2.45, 2.75) is 48.7 Å². The van der Waals surface area contributed by atoms with E-state index in [4.69, 9.17) is 0 Å². The van der Waals surface area contributed by atoms with Crippen LogP contribution in [0.5, 0.6) is 0 Å². The van der Waals surface area contributed by atoms with Crippen molar-refractivity contribution in [3.8, 4) is 0 Å². The molecule has 2 N–H and O–H groups in total. The van der Waals surface area contributed by atoms with E-state index in [1.807, 2.05) is 32.9 Å². The zero-order chi connectivity index (χ0) is 21.2. The summed E-state index contributed by atoms with van der Waals surface area (Å²) in [6.45, 7) is 5.87. The lowest BCUT2D eigenvalue weighted by molar-refractivity contribution is -0.116. The molecule has 3 rings (SSSR count). The quantitative estimate of drug-likeness (QED) is 0.722. The van der Waals surface area contributed by atoms with Crippen molar-refractivity contribution in [3.05, 3.63) is 47.5 Å². The molecule has 1 aliphatic rings. The predicted molar refractivity (Wildman–Crippen MR) is 116 cm³/mol. The molecule has 0 bridgehead atoms. The van der Waals surface area contributed by atoms with Gasteiger partial charge in [0.25, 0.3) is 0 Å². The first-order valence-corrected chi connectivity index (χ1v) is 11.9. The lowest BCUT2D eigenvalue weighted by atomic mass is 10.1. The molecule has 0 spiro atoms. The van der Waals surface area contributed by atoms with Gasteiger partial charge in [0.2, 0.25) is 11.8 Å². The molecule has 1 heterocycles. The number of nitrogens with one attached hydrogen (secondary N) is 2. The standard InChI is InChI=1S/C21H24N2O4S2/c1-4-18-21(25)23-17-12-16(7-8-19(17)28-18)29(26,27)10-9-20(24)22-15-6-5-13(2)14(3)11-15/h5-8,11-12,18H,4,9-10H2,1-3H3,(H,22,24)(H,23,25)/t18-/m1/s1. The molecule has 0 aromatic heterocycles. The summed E-state index contributed by atoms with van der Waals surface area (Å²) in [7, 11) is -3.65. The molecule has 2 aromatic rings. The van der Waals surface area contributed by atoms with Gasteiger partial charge in [-0.15, -0.1) is 11.8 Å². The Kier molecular flexibility index (Phi) is 6.33. The first kappa shape index (κ1) is 21.4. The predicted octanol–water partition coefficient (Wildman–Crippen LogP) is 3.93. The molecular formula is C21H24N2O4S2. The summed E-state index contributed by atoms with van der Waals surface area (Å²) in [5.41, 5.74) is 3.32. The zero-order valence-electron chi connectivity index (χ0n) is 16.6. The van der Waals surface area contributed by atoms with Crippen LogP contribution in [0, 0.1) is 13.8 Å². The third kappa shape index (κ3) is 5.00. The number of fused-ring (bicyclic) bond motifs is 1. The van der Waals surface area contributed by atoms with Gasteiger partial charge in [-0.1, -0.05) is 13.0 Å². The largest absolute Gasteiger partial charge is 0.326 e. The summed E-state index contributed by atoms with van der Waals surface area (Å²) in [6.07, 6.45) is 0.553. The number of amides is 2. The fraction of sp³-hybridized carbons (Fsp3) is 0.333. The van der Waals surface area contributed by atoms with Gasteiger partial charge in [0.1, 0.15) is 0 Å². The van der Waals surface area contributed by atoms with Gasteiger partial charge in [0, 0.05) is 17.0 Å². The van der Waals surface area contributed by atoms with E-state index in [1.54, 1.807) is 12.1 Å². The fourth-order valence-corrected chi connectivity index (χ4v) is 5.26. The molecular weight excluding hydrogens is 408 g/mol. The van der Waals surface area contributed by atoms with Crippen molar-refractivity contribution in [2.75, 3.05) is 16.4 Å². The number of rotatable bonds is 6. The van der Waals surface area contributed by atoms with Crippen molar-refractivity contribution < 1.29 is 18.0 Å². The van der Waals surface area contributed by atoms with Crippen LogP contribution in [0.15, 0.2) is 46.2 Å². The molecule has 154 valence electrons. The van der Waals surface area contributed by atoms with Crippen molar-refractivity contribution >= 4 is 44.8 Å². The number of aryl methyl sites for hydroxylation is 2. The SMILES string of the molecule is CC[C@H]1Sc2ccc(S(=O)(=O)CCC(=O)Nc3ccc(C)c(C)c3)cc2NC1=O. The monoisotopic (exact) mass is 432 g/mol. The molecule has 6 nitrogen and oxygen atoms in total. The van der Waals surface area contributed by atoms with Gasteiger partial charge in [-0.3, -0.25) is 9.59 Å². The Morgan fingerprint density at radius 2 is 1.90 bits per heavy atom. The van der Waals surface area contributed by atoms with E-state index in [0.29, 0.717) is 17.8 Å². The summed E-state index contributed by atoms with van der Waals surface area (Å²) >= 11 is 1.44. The molecule has 2 amide bonds. The number of carbonyl (C=O) groups is 2. The minimum absolute atomic E-state index is 0.103. The first-order valence-electron chi connectivity index (χ1n) is 9.41. The molecule has 8 heteroatoms. The fourth-order valence-electron chi connectivity index (χ4n) is 2.98. The molecule has 1 aliphatic heterocycles. The number of hydrogen-bond acceptors (Lipinski definition) is 5. The number of anilines is 2. The minimum Gasteiger partial charge on any atom is -0.326 e. The highest BCUT2D eigenvalue weighted by Gasteiger charge is 2.27. The maximum Gasteiger partial charge on any atom is 0.237 e. The number of sulfone groups is 1. The molecule has 0 unspecified atom stereocenters. The molecule has 2 aromatic carbocycles. The first-order chi connectivity index (χ1) is 13.7. The van der Waals surface area contributed by atoms with E-state index in [1.165, 1.54) is 23.9 Å². The van der Waals surface area contributed by atoms with E-state index >= 15 is 0 Å². The number of carbonyl (C=O) groups excluding carboxylic acids is 2. The van der Waals surface area contributed by atoms with Crippen LogP contribution in [-0.4, -0.2) is 31.2 Å². The van der Waals surface area contributed by atoms with E-state index in [-0.39, 0.29) is 34.1 Å². The zero-order valence-corrected chi connectivity index (χ0v) is 18.2. The lowest BCUT2D eigenvalue weighted by Crippen LogP contribution is -2.28. The number of thioether (sulfide) groups is 1. The average Bonchev–Trinajstić information content (AvgIpc) is 2.68. The van der Waals surface area contributed by atoms with E-state index in [2.05, 4.69) is 10.6 Å². The second-order valence-electron chi connectivity index (χ2n) is 7.08. The molecule has 0 saturated carbocycles. The molecule has 0 saturated heterocycles. The highest BCUT2D eigenvalue weighted by atomic mass is 32.2. The third-order valence-corrected chi connectivity index (χ3v) is 8.04. The molecule has 0 radical (unpaired) electrons. The molecule has 0 aliphatic carbocycles. The van der Waals surface area contributed by atoms with Gasteiger partial charge in [-0.05, 0) is 61.7 Å². The van der Waals surface area contributed by atoms with Gasteiger partial charge in [-0.25, -0.2) is 8.42 Å². The topological polar surface area (TPSA) is 92.3 Å². The van der Waals surface area contributed by atoms with Crippen molar-refractivity contribution in [3.63, 3.8) is 0 Å². The van der Waals surface area contributed by atoms with Crippen LogP contribution >= 0.6 is 11.8 Å². The van der Waals surface area contributed by atoms with Gasteiger partial charge in [0.05, 0.1) is 21.6 Å². The summed E-state index contributed by atoms with van der Waals surface area (Å²) in [4.78, 5) is 25.2. The van der Waals surface area contributed by atoms with E-state index in [0.717, 1.165) is 16.0 Å². The second-order valence-corrected chi connectivity index (χ2v) is 10.4. The maximum absolute atomic E-state index is 12.7. The Balaban J connectivity index is 1.66. The van der Waals surface area contributed by atoms with Crippen molar-refractivity contribution in [1.29, 1.82) is 0 Å². The molecule has 0 fully saturated rings. The summed E-state index contributed by atoms with van der Waals surface area (Å²) in [5.74, 6) is -0.780. The third-order valence-electron chi connectivity index (χ3n) is 4.89. The Morgan fingerprint density at radius 1 is 1.14 bits per heavy atom. The number of hydrogen-bond donors (Lipinski definition) is 2. The summed E-state index contributed by atoms with van der Waals surface area (Å²) in [6, 6.07) is 10.3. The Hall–Kier alpha value is -2.32. The van der Waals surface area contributed by atoms with Gasteiger partial charge < -0.3 is 10.6 Å². The van der Waals surface area contributed by atoms with Crippen LogP contribution in [0.1, 0.15) is 30.9 Å². The van der Waals surface area contributed by atoms with Crippen molar-refractivity contribution in [1.82, 2.24) is 0 Å². The van der Waals surface area contributed by atoms with Crippen LogP contribution in [0.2, 0.25) is 0 Å². The van der Waals surface area contributed by atoms with Crippen LogP contribution in [0.3, 0.4) is 0 Å². The van der Waals surface area contributed by atoms with Crippen LogP contribution in [-0.2, 0) is 19.4 Å². The van der Waals surface area contributed by atoms with E-state index in [9.17, 15) is 18.0 Å². The van der Waals surface area contributed by atoms with Gasteiger partial charge in [-0.2, -0.15) is 0 Å². The van der Waals surface area contributed by atoms with E-state index < -0.39 is 9.84 Å². The smallest absolute Gasteiger partial charge is 0.237 e. The maximum atomic E-state index is 12.7. The average molecular weight is 433 g/mol. The van der Waals surface area contributed by atoms with Crippen molar-refractivity contribution in [2.24, 2.45) is 0 Å². The Labute approximate surface area is 175 Å². The summed E-state index contributed by atoms with van der Waals surface area (Å²) in [5, 5.41) is 5.35. The highest BCUT2D eigenvalue weighted by molar-refractivity contribution is 8.01. The minimum atomic E-state index is -3.65. The van der Waals surface area contributed by atoms with Gasteiger partial charge >= 0.3 is 0 Å². The molecule has 1 atom stereocenters. The second kappa shape index (κ2) is 8.59. The Morgan fingerprint density at radius 3 is 2.59 bits per heavy atom. The Bertz CT molecular complexity index is 1060. The van der Waals surface area contributed by atoms with Crippen LogP contribution < -0.4 is 10.6 Å². The highest BCUT2D eigenvalue weighted by Crippen LogP contribution is 2.38. The van der Waals surface area contributed by atoms with Crippen LogP contribution in [0.25, 0.3) is 0 Å². The van der Waals surface area contributed by atoms with Gasteiger partial charge in [0.15, 0.2) is 9.84 Å². The number of benzene rings is 2.